The van der Waals surface area contributed by atoms with Crippen molar-refractivity contribution in [3.63, 3.8) is 0 Å². The maximum absolute atomic E-state index is 13.9. The van der Waals surface area contributed by atoms with Crippen LogP contribution in [-0.2, 0) is 9.53 Å². The average Bonchev–Trinajstić information content (AvgIpc) is 2.93. The molecule has 4 saturated carbocycles. The highest BCUT2D eigenvalue weighted by Crippen LogP contribution is 2.58. The van der Waals surface area contributed by atoms with E-state index in [1.807, 2.05) is 4.90 Å². The largest absolute Gasteiger partial charge is 0.379 e. The van der Waals surface area contributed by atoms with Crippen LogP contribution >= 0.6 is 0 Å². The third-order valence-electron chi connectivity index (χ3n) is 8.97. The van der Waals surface area contributed by atoms with Gasteiger partial charge in [-0.3, -0.25) is 19.6 Å². The number of anilines is 1. The molecule has 172 valence electrons. The Bertz CT molecular complexity index is 893. The third kappa shape index (κ3) is 3.27. The van der Waals surface area contributed by atoms with Crippen molar-refractivity contribution in [3.05, 3.63) is 29.8 Å². The third-order valence-corrected chi connectivity index (χ3v) is 8.97. The lowest BCUT2D eigenvalue weighted by Gasteiger charge is -2.55. The van der Waals surface area contributed by atoms with Crippen LogP contribution in [0.5, 0.6) is 0 Å². The van der Waals surface area contributed by atoms with E-state index in [2.05, 4.69) is 49.9 Å². The lowest BCUT2D eigenvalue weighted by molar-refractivity contribution is -0.126. The fourth-order valence-electron chi connectivity index (χ4n) is 7.91. The number of morpholine rings is 1. The van der Waals surface area contributed by atoms with Gasteiger partial charge in [-0.05, 0) is 89.2 Å². The minimum atomic E-state index is -0.511. The van der Waals surface area contributed by atoms with Gasteiger partial charge in [-0.15, -0.1) is 0 Å². The van der Waals surface area contributed by atoms with Gasteiger partial charge in [0.1, 0.15) is 5.84 Å². The van der Waals surface area contributed by atoms with Crippen LogP contribution in [0.3, 0.4) is 0 Å². The molecule has 5 heteroatoms. The second-order valence-electron chi connectivity index (χ2n) is 11.9. The summed E-state index contributed by atoms with van der Waals surface area (Å²) in [4.78, 5) is 24.1. The molecular formula is C27H37N3O2. The van der Waals surface area contributed by atoms with E-state index in [0.717, 1.165) is 55.6 Å². The van der Waals surface area contributed by atoms with Gasteiger partial charge in [0.2, 0.25) is 5.91 Å². The second kappa shape index (κ2) is 7.39. The molecule has 4 aliphatic carbocycles. The zero-order valence-electron chi connectivity index (χ0n) is 19.8. The number of aryl methyl sites for hydroxylation is 1. The molecule has 5 nitrogen and oxygen atoms in total. The zero-order chi connectivity index (χ0) is 22.1. The molecule has 0 radical (unpaired) electrons. The zero-order valence-corrected chi connectivity index (χ0v) is 19.8. The van der Waals surface area contributed by atoms with Crippen LogP contribution in [-0.4, -0.2) is 54.5 Å². The van der Waals surface area contributed by atoms with Gasteiger partial charge in [0.25, 0.3) is 0 Å². The number of benzene rings is 1. The van der Waals surface area contributed by atoms with Crippen molar-refractivity contribution in [2.24, 2.45) is 28.2 Å². The molecule has 32 heavy (non-hydrogen) atoms. The van der Waals surface area contributed by atoms with Gasteiger partial charge in [0, 0.05) is 13.1 Å². The molecule has 6 aliphatic rings. The number of hydrogen-bond donors (Lipinski definition) is 0. The van der Waals surface area contributed by atoms with Crippen molar-refractivity contribution < 1.29 is 9.53 Å². The summed E-state index contributed by atoms with van der Waals surface area (Å²) < 4.78 is 5.67. The van der Waals surface area contributed by atoms with E-state index in [9.17, 15) is 4.79 Å². The molecule has 2 heterocycles. The van der Waals surface area contributed by atoms with Gasteiger partial charge < -0.3 is 4.74 Å². The summed E-state index contributed by atoms with van der Waals surface area (Å²) in [5.74, 6) is 3.70. The van der Waals surface area contributed by atoms with Gasteiger partial charge in [-0.25, -0.2) is 0 Å². The van der Waals surface area contributed by atoms with Crippen molar-refractivity contribution in [1.82, 2.24) is 4.90 Å². The van der Waals surface area contributed by atoms with Crippen molar-refractivity contribution in [2.75, 3.05) is 31.2 Å². The van der Waals surface area contributed by atoms with E-state index in [-0.39, 0.29) is 17.5 Å². The first-order valence-electron chi connectivity index (χ1n) is 12.7. The van der Waals surface area contributed by atoms with Crippen LogP contribution in [0, 0.1) is 30.1 Å². The van der Waals surface area contributed by atoms with Crippen LogP contribution in [0.4, 0.5) is 5.69 Å². The van der Waals surface area contributed by atoms with E-state index in [4.69, 9.17) is 9.73 Å². The summed E-state index contributed by atoms with van der Waals surface area (Å²) in [6.45, 7) is 9.54. The first-order chi connectivity index (χ1) is 15.3. The summed E-state index contributed by atoms with van der Waals surface area (Å²) >= 11 is 0. The highest BCUT2D eigenvalue weighted by molar-refractivity contribution is 6.27. The summed E-state index contributed by atoms with van der Waals surface area (Å²) in [5, 5.41) is 0. The number of ether oxygens (including phenoxy) is 1. The molecule has 4 bridgehead atoms. The molecule has 7 rings (SSSR count). The SMILES string of the molecule is Cc1ccc(N2C(=O)C(C)(C)[C@H](N3CCOCC3)C2=NC23CC4CC(CC(C4)C2)C3)cc1. The number of amides is 1. The predicted octanol–water partition coefficient (Wildman–Crippen LogP) is 4.44. The topological polar surface area (TPSA) is 45.1 Å². The van der Waals surface area contributed by atoms with Crippen LogP contribution < -0.4 is 4.90 Å². The Kier molecular flexibility index (Phi) is 4.82. The van der Waals surface area contributed by atoms with Gasteiger partial charge in [-0.1, -0.05) is 17.7 Å². The Balaban J connectivity index is 1.47. The minimum absolute atomic E-state index is 0.00760. The molecule has 0 spiro atoms. The molecule has 1 amide bonds. The standard InChI is InChI=1S/C27H37N3O2/c1-18-4-6-22(7-5-18)30-24(23(26(2,3)25(30)31)29-8-10-32-11-9-29)28-27-15-19-12-20(16-27)14-21(13-19)17-27/h4-7,19-21,23H,8-17H2,1-3H3/t19?,20?,21?,23-,27?/m1/s1. The van der Waals surface area contributed by atoms with Gasteiger partial charge in [0.15, 0.2) is 0 Å². The van der Waals surface area contributed by atoms with E-state index < -0.39 is 5.41 Å². The Morgan fingerprint density at radius 3 is 2.06 bits per heavy atom. The van der Waals surface area contributed by atoms with Gasteiger partial charge >= 0.3 is 0 Å². The first kappa shape index (κ1) is 20.9. The summed E-state index contributed by atoms with van der Waals surface area (Å²) in [6.07, 6.45) is 7.87. The Morgan fingerprint density at radius 1 is 0.938 bits per heavy atom. The predicted molar refractivity (Wildman–Crippen MR) is 127 cm³/mol. The summed E-state index contributed by atoms with van der Waals surface area (Å²) in [6, 6.07) is 8.42. The van der Waals surface area contributed by atoms with Gasteiger partial charge in [-0.2, -0.15) is 0 Å². The molecule has 0 unspecified atom stereocenters. The Labute approximate surface area is 192 Å². The normalized spacial score (nSPS) is 39.9. The van der Waals surface area contributed by atoms with E-state index >= 15 is 0 Å². The lowest BCUT2D eigenvalue weighted by atomic mass is 9.53. The quantitative estimate of drug-likeness (QED) is 0.705. The van der Waals surface area contributed by atoms with Crippen LogP contribution in [0.15, 0.2) is 29.3 Å². The number of carbonyl (C=O) groups is 1. The highest BCUT2D eigenvalue weighted by Gasteiger charge is 2.57. The molecule has 1 aromatic carbocycles. The second-order valence-corrected chi connectivity index (χ2v) is 11.9. The fourth-order valence-corrected chi connectivity index (χ4v) is 7.91. The Hall–Kier alpha value is -1.72. The molecule has 6 fully saturated rings. The molecule has 1 aromatic rings. The van der Waals surface area contributed by atoms with E-state index in [1.54, 1.807) is 0 Å². The van der Waals surface area contributed by atoms with Crippen molar-refractivity contribution >= 4 is 17.4 Å². The summed E-state index contributed by atoms with van der Waals surface area (Å²) in [5.41, 5.74) is 1.71. The van der Waals surface area contributed by atoms with Crippen molar-refractivity contribution in [1.29, 1.82) is 0 Å². The number of nitrogens with zero attached hydrogens (tertiary/aromatic N) is 3. The molecule has 0 aromatic heterocycles. The molecule has 1 atom stereocenters. The van der Waals surface area contributed by atoms with Crippen LogP contribution in [0.25, 0.3) is 0 Å². The van der Waals surface area contributed by atoms with Crippen molar-refractivity contribution in [3.8, 4) is 0 Å². The molecule has 2 aliphatic heterocycles. The number of rotatable bonds is 3. The molecular weight excluding hydrogens is 398 g/mol. The smallest absolute Gasteiger partial charge is 0.240 e. The van der Waals surface area contributed by atoms with Gasteiger partial charge in [0.05, 0.1) is 35.9 Å². The number of carbonyl (C=O) groups excluding carboxylic acids is 1. The van der Waals surface area contributed by atoms with E-state index in [0.29, 0.717) is 0 Å². The maximum Gasteiger partial charge on any atom is 0.240 e. The number of amidine groups is 1. The van der Waals surface area contributed by atoms with Crippen molar-refractivity contribution in [2.45, 2.75) is 70.9 Å². The maximum atomic E-state index is 13.9. The first-order valence-corrected chi connectivity index (χ1v) is 12.7. The monoisotopic (exact) mass is 435 g/mol. The highest BCUT2D eigenvalue weighted by atomic mass is 16.5. The number of hydrogen-bond acceptors (Lipinski definition) is 4. The summed E-state index contributed by atoms with van der Waals surface area (Å²) in [7, 11) is 0. The van der Waals surface area contributed by atoms with E-state index in [1.165, 1.54) is 44.1 Å². The average molecular weight is 436 g/mol. The van der Waals surface area contributed by atoms with Crippen LogP contribution in [0.1, 0.15) is 57.9 Å². The number of aliphatic imine (C=N–C) groups is 1. The fraction of sp³-hybridized carbons (Fsp3) is 0.704. The van der Waals surface area contributed by atoms with Crippen LogP contribution in [0.2, 0.25) is 0 Å². The molecule has 0 N–H and O–H groups in total. The molecule has 2 saturated heterocycles. The Morgan fingerprint density at radius 2 is 1.50 bits per heavy atom. The minimum Gasteiger partial charge on any atom is -0.379 e. The lowest BCUT2D eigenvalue weighted by Crippen LogP contribution is -2.54.